The van der Waals surface area contributed by atoms with E-state index in [4.69, 9.17) is 0 Å². The van der Waals surface area contributed by atoms with E-state index in [1.54, 1.807) is 25.2 Å². The number of hydrogen-bond acceptors (Lipinski definition) is 4. The highest BCUT2D eigenvalue weighted by Crippen LogP contribution is 2.22. The second kappa shape index (κ2) is 5.64. The molecule has 0 saturated carbocycles. The van der Waals surface area contributed by atoms with Crippen molar-refractivity contribution in [3.63, 3.8) is 0 Å². The van der Waals surface area contributed by atoms with E-state index in [1.165, 1.54) is 7.11 Å². The van der Waals surface area contributed by atoms with Crippen LogP contribution in [0, 0.1) is 5.41 Å². The van der Waals surface area contributed by atoms with Gasteiger partial charge in [-0.2, -0.15) is 0 Å². The van der Waals surface area contributed by atoms with E-state index in [1.807, 2.05) is 12.1 Å². The maximum atomic E-state index is 11.8. The summed E-state index contributed by atoms with van der Waals surface area (Å²) < 4.78 is 5.60. The number of nitrogens with one attached hydrogen (secondary N) is 1. The van der Waals surface area contributed by atoms with Gasteiger partial charge in [0.2, 0.25) is 5.91 Å². The van der Waals surface area contributed by atoms with E-state index < -0.39 is 11.4 Å². The molecule has 0 unspecified atom stereocenters. The molecule has 17 heavy (non-hydrogen) atoms. The molecule has 0 bridgehead atoms. The zero-order valence-electron chi connectivity index (χ0n) is 9.87. The number of methoxy groups -OCH3 is 1. The summed E-state index contributed by atoms with van der Waals surface area (Å²) in [7, 11) is 1.27. The summed E-state index contributed by atoms with van der Waals surface area (Å²) in [5.41, 5.74) is -1.16. The summed E-state index contributed by atoms with van der Waals surface area (Å²) in [5, 5.41) is 2.72. The molecule has 1 rings (SSSR count). The van der Waals surface area contributed by atoms with Gasteiger partial charge in [-0.15, -0.1) is 11.3 Å². The maximum Gasteiger partial charge on any atom is 0.320 e. The van der Waals surface area contributed by atoms with Gasteiger partial charge < -0.3 is 10.1 Å². The third-order valence-electron chi connectivity index (χ3n) is 2.32. The van der Waals surface area contributed by atoms with Crippen molar-refractivity contribution in [2.24, 2.45) is 5.41 Å². The van der Waals surface area contributed by atoms with Crippen molar-refractivity contribution in [2.45, 2.75) is 20.4 Å². The van der Waals surface area contributed by atoms with E-state index in [2.05, 4.69) is 26.0 Å². The van der Waals surface area contributed by atoms with Gasteiger partial charge in [-0.05, 0) is 41.9 Å². The number of carbonyl (C=O) groups is 2. The van der Waals surface area contributed by atoms with E-state index in [0.717, 1.165) is 8.66 Å². The van der Waals surface area contributed by atoms with Gasteiger partial charge in [0.15, 0.2) is 0 Å². The standard InChI is InChI=1S/C11H14BrNO3S/c1-11(2,10(15)16-3)9(14)13-6-7-4-5-8(12)17-7/h4-5H,6H2,1-3H3,(H,13,14). The van der Waals surface area contributed by atoms with Crippen LogP contribution in [0.4, 0.5) is 0 Å². The molecule has 1 N–H and O–H groups in total. The second-order valence-corrected chi connectivity index (χ2v) is 6.55. The molecule has 0 fully saturated rings. The first-order chi connectivity index (χ1) is 7.87. The van der Waals surface area contributed by atoms with Crippen LogP contribution in [0.5, 0.6) is 0 Å². The first-order valence-corrected chi connectivity index (χ1v) is 6.60. The Morgan fingerprint density at radius 2 is 2.12 bits per heavy atom. The van der Waals surface area contributed by atoms with Crippen LogP contribution in [-0.2, 0) is 20.9 Å². The van der Waals surface area contributed by atoms with Crippen LogP contribution in [0.1, 0.15) is 18.7 Å². The molecule has 0 saturated heterocycles. The summed E-state index contributed by atoms with van der Waals surface area (Å²) in [6.07, 6.45) is 0. The van der Waals surface area contributed by atoms with Crippen LogP contribution in [0.15, 0.2) is 15.9 Å². The summed E-state index contributed by atoms with van der Waals surface area (Å²) in [4.78, 5) is 24.2. The molecule has 0 aliphatic rings. The van der Waals surface area contributed by atoms with Crippen molar-refractivity contribution in [2.75, 3.05) is 7.11 Å². The fraction of sp³-hybridized carbons (Fsp3) is 0.455. The Balaban J connectivity index is 2.58. The molecule has 1 heterocycles. The SMILES string of the molecule is COC(=O)C(C)(C)C(=O)NCc1ccc(Br)s1. The summed E-state index contributed by atoms with van der Waals surface area (Å²) in [6.45, 7) is 3.49. The van der Waals surface area contributed by atoms with Gasteiger partial charge in [0.25, 0.3) is 0 Å². The Labute approximate surface area is 112 Å². The normalized spacial score (nSPS) is 11.1. The van der Waals surface area contributed by atoms with Gasteiger partial charge in [0.1, 0.15) is 5.41 Å². The number of carbonyl (C=O) groups excluding carboxylic acids is 2. The van der Waals surface area contributed by atoms with Crippen molar-refractivity contribution in [1.29, 1.82) is 0 Å². The molecule has 0 aromatic carbocycles. The van der Waals surface area contributed by atoms with Crippen LogP contribution in [0.3, 0.4) is 0 Å². The molecule has 1 amide bonds. The van der Waals surface area contributed by atoms with Crippen molar-refractivity contribution >= 4 is 39.1 Å². The van der Waals surface area contributed by atoms with Crippen molar-refractivity contribution < 1.29 is 14.3 Å². The minimum Gasteiger partial charge on any atom is -0.468 e. The summed E-state index contributed by atoms with van der Waals surface area (Å²) in [6, 6.07) is 3.83. The molecule has 0 radical (unpaired) electrons. The Hall–Kier alpha value is -0.880. The monoisotopic (exact) mass is 319 g/mol. The Morgan fingerprint density at radius 3 is 2.59 bits per heavy atom. The van der Waals surface area contributed by atoms with Crippen LogP contribution in [0.25, 0.3) is 0 Å². The minimum atomic E-state index is -1.16. The van der Waals surface area contributed by atoms with Gasteiger partial charge in [0, 0.05) is 4.88 Å². The number of amides is 1. The van der Waals surface area contributed by atoms with Crippen molar-refractivity contribution in [3.05, 3.63) is 20.8 Å². The fourth-order valence-corrected chi connectivity index (χ4v) is 2.61. The van der Waals surface area contributed by atoms with E-state index in [0.29, 0.717) is 6.54 Å². The second-order valence-electron chi connectivity index (χ2n) is 4.01. The largest absolute Gasteiger partial charge is 0.468 e. The Kier molecular flexibility index (Phi) is 4.70. The summed E-state index contributed by atoms with van der Waals surface area (Å²) in [5.74, 6) is -0.878. The zero-order chi connectivity index (χ0) is 13.1. The van der Waals surface area contributed by atoms with Crippen molar-refractivity contribution in [1.82, 2.24) is 5.32 Å². The predicted octanol–water partition coefficient (Wildman–Crippen LogP) is 2.33. The number of halogens is 1. The Bertz CT molecular complexity index is 428. The van der Waals surface area contributed by atoms with Crippen LogP contribution in [-0.4, -0.2) is 19.0 Å². The van der Waals surface area contributed by atoms with Gasteiger partial charge in [-0.1, -0.05) is 0 Å². The first kappa shape index (κ1) is 14.2. The predicted molar refractivity (Wildman–Crippen MR) is 69.7 cm³/mol. The van der Waals surface area contributed by atoms with Gasteiger partial charge >= 0.3 is 5.97 Å². The number of esters is 1. The molecular weight excluding hydrogens is 306 g/mol. The Morgan fingerprint density at radius 1 is 1.47 bits per heavy atom. The first-order valence-electron chi connectivity index (χ1n) is 4.99. The topological polar surface area (TPSA) is 55.4 Å². The lowest BCUT2D eigenvalue weighted by Crippen LogP contribution is -2.42. The van der Waals surface area contributed by atoms with E-state index in [9.17, 15) is 9.59 Å². The lowest BCUT2D eigenvalue weighted by atomic mass is 9.92. The molecule has 4 nitrogen and oxygen atoms in total. The van der Waals surface area contributed by atoms with Crippen LogP contribution >= 0.6 is 27.3 Å². The number of hydrogen-bond donors (Lipinski definition) is 1. The maximum absolute atomic E-state index is 11.8. The number of rotatable bonds is 4. The zero-order valence-corrected chi connectivity index (χ0v) is 12.3. The highest BCUT2D eigenvalue weighted by Gasteiger charge is 2.36. The van der Waals surface area contributed by atoms with Gasteiger partial charge in [-0.3, -0.25) is 9.59 Å². The molecule has 0 atom stereocenters. The van der Waals surface area contributed by atoms with E-state index >= 15 is 0 Å². The average Bonchev–Trinajstić information content (AvgIpc) is 2.70. The average molecular weight is 320 g/mol. The molecule has 6 heteroatoms. The molecule has 0 spiro atoms. The highest BCUT2D eigenvalue weighted by atomic mass is 79.9. The third kappa shape index (κ3) is 3.54. The fourth-order valence-electron chi connectivity index (χ4n) is 1.18. The molecule has 94 valence electrons. The van der Waals surface area contributed by atoms with Gasteiger partial charge in [0.05, 0.1) is 17.4 Å². The summed E-state index contributed by atoms with van der Waals surface area (Å²) >= 11 is 4.89. The van der Waals surface area contributed by atoms with Crippen LogP contribution in [0.2, 0.25) is 0 Å². The third-order valence-corrected chi connectivity index (χ3v) is 3.94. The molecule has 0 aliphatic carbocycles. The van der Waals surface area contributed by atoms with Crippen molar-refractivity contribution in [3.8, 4) is 0 Å². The van der Waals surface area contributed by atoms with Crippen LogP contribution < -0.4 is 5.32 Å². The lowest BCUT2D eigenvalue weighted by Gasteiger charge is -2.20. The molecular formula is C11H14BrNO3S. The molecule has 1 aromatic heterocycles. The number of thiophene rings is 1. The van der Waals surface area contributed by atoms with Gasteiger partial charge in [-0.25, -0.2) is 0 Å². The molecule has 0 aliphatic heterocycles. The number of ether oxygens (including phenoxy) is 1. The highest BCUT2D eigenvalue weighted by molar-refractivity contribution is 9.11. The molecule has 1 aromatic rings. The lowest BCUT2D eigenvalue weighted by molar-refractivity contribution is -0.156. The van der Waals surface area contributed by atoms with E-state index in [-0.39, 0.29) is 5.91 Å². The smallest absolute Gasteiger partial charge is 0.320 e. The minimum absolute atomic E-state index is 0.339. The quantitative estimate of drug-likeness (QED) is 0.684.